The largest absolute Gasteiger partial charge is 0.321 e. The highest BCUT2D eigenvalue weighted by atomic mass is 32.2. The van der Waals surface area contributed by atoms with Gasteiger partial charge in [-0.25, -0.2) is 0 Å². The molecule has 1 saturated heterocycles. The predicted octanol–water partition coefficient (Wildman–Crippen LogP) is 2.97. The van der Waals surface area contributed by atoms with Gasteiger partial charge in [0.2, 0.25) is 5.91 Å². The Labute approximate surface area is 131 Å². The Morgan fingerprint density at radius 2 is 2.05 bits per heavy atom. The minimum Gasteiger partial charge on any atom is -0.321 e. The maximum Gasteiger partial charge on any atom is 0.244 e. The molecule has 1 N–H and O–H groups in total. The molecule has 1 heterocycles. The summed E-state index contributed by atoms with van der Waals surface area (Å²) < 4.78 is 0. The number of carbonyl (C=O) groups excluding carboxylic acids is 1. The third-order valence-electron chi connectivity index (χ3n) is 4.60. The van der Waals surface area contributed by atoms with Gasteiger partial charge in [0.05, 0.1) is 0 Å². The van der Waals surface area contributed by atoms with Gasteiger partial charge in [0.15, 0.2) is 0 Å². The van der Waals surface area contributed by atoms with Crippen LogP contribution in [0.25, 0.3) is 0 Å². The van der Waals surface area contributed by atoms with Crippen molar-refractivity contribution in [1.82, 2.24) is 10.2 Å². The number of carbonyl (C=O) groups is 1. The minimum absolute atomic E-state index is 0.0627. The van der Waals surface area contributed by atoms with Crippen LogP contribution in [0.1, 0.15) is 43.5 Å². The Morgan fingerprint density at radius 3 is 2.62 bits per heavy atom. The molecule has 3 rings (SSSR count). The first-order chi connectivity index (χ1) is 10.2. The minimum atomic E-state index is -0.229. The predicted molar refractivity (Wildman–Crippen MR) is 88.4 cm³/mol. The topological polar surface area (TPSA) is 32.3 Å². The molecule has 1 aliphatic heterocycles. The van der Waals surface area contributed by atoms with E-state index >= 15 is 0 Å². The van der Waals surface area contributed by atoms with Crippen LogP contribution in [0.3, 0.4) is 0 Å². The van der Waals surface area contributed by atoms with Gasteiger partial charge in [-0.05, 0) is 48.8 Å². The average Bonchev–Trinajstić information content (AvgIpc) is 3.25. The molecule has 0 bridgehead atoms. The van der Waals surface area contributed by atoms with Crippen molar-refractivity contribution in [3.63, 3.8) is 0 Å². The molecule has 1 atom stereocenters. The summed E-state index contributed by atoms with van der Waals surface area (Å²) in [5.41, 5.74) is 2.33. The molecule has 1 aromatic carbocycles. The van der Waals surface area contributed by atoms with E-state index in [4.69, 9.17) is 0 Å². The summed E-state index contributed by atoms with van der Waals surface area (Å²) in [5, 5.41) is 3.59. The third kappa shape index (κ3) is 2.84. The van der Waals surface area contributed by atoms with E-state index in [1.54, 1.807) is 0 Å². The highest BCUT2D eigenvalue weighted by Gasteiger charge is 2.59. The molecule has 4 heteroatoms. The zero-order chi connectivity index (χ0) is 14.9. The molecule has 1 saturated carbocycles. The fraction of sp³-hybridized carbons (Fsp3) is 0.588. The van der Waals surface area contributed by atoms with Gasteiger partial charge in [0, 0.05) is 6.54 Å². The number of nitrogens with one attached hydrogen (secondary N) is 1. The zero-order valence-electron chi connectivity index (χ0n) is 12.9. The number of aryl methyl sites for hydroxylation is 1. The summed E-state index contributed by atoms with van der Waals surface area (Å²) in [4.78, 5) is 14.7. The lowest BCUT2D eigenvalue weighted by Crippen LogP contribution is -2.33. The maximum absolute atomic E-state index is 12.6. The van der Waals surface area contributed by atoms with Gasteiger partial charge in [-0.3, -0.25) is 10.1 Å². The van der Waals surface area contributed by atoms with Crippen LogP contribution in [0.2, 0.25) is 0 Å². The standard InChI is InChI=1S/C17H24N2OS/c1-3-13-5-7-14(8-6-13)15-18-17(9-10-17)16(20)19(15)11-4-12-21-2/h5-8,15,18H,3-4,9-12H2,1-2H3. The van der Waals surface area contributed by atoms with Crippen LogP contribution < -0.4 is 5.32 Å². The molecule has 114 valence electrons. The summed E-state index contributed by atoms with van der Waals surface area (Å²) in [6.07, 6.45) is 6.29. The second-order valence-electron chi connectivity index (χ2n) is 6.07. The Kier molecular flexibility index (Phi) is 4.27. The Bertz CT molecular complexity index is 510. The number of benzene rings is 1. The summed E-state index contributed by atoms with van der Waals surface area (Å²) in [6.45, 7) is 3.02. The van der Waals surface area contributed by atoms with Crippen molar-refractivity contribution >= 4 is 17.7 Å². The fourth-order valence-electron chi connectivity index (χ4n) is 3.09. The van der Waals surface area contributed by atoms with Gasteiger partial charge < -0.3 is 4.90 Å². The van der Waals surface area contributed by atoms with E-state index in [1.807, 2.05) is 11.8 Å². The van der Waals surface area contributed by atoms with Crippen molar-refractivity contribution in [2.24, 2.45) is 0 Å². The van der Waals surface area contributed by atoms with Gasteiger partial charge in [0.1, 0.15) is 11.7 Å². The van der Waals surface area contributed by atoms with Crippen LogP contribution in [0, 0.1) is 0 Å². The second kappa shape index (κ2) is 6.01. The van der Waals surface area contributed by atoms with E-state index in [2.05, 4.69) is 47.7 Å². The van der Waals surface area contributed by atoms with Crippen LogP contribution in [0.15, 0.2) is 24.3 Å². The Morgan fingerprint density at radius 1 is 1.33 bits per heavy atom. The molecule has 0 aromatic heterocycles. The molecular formula is C17H24N2OS. The lowest BCUT2D eigenvalue weighted by molar-refractivity contribution is -0.130. The van der Waals surface area contributed by atoms with Crippen molar-refractivity contribution in [2.75, 3.05) is 18.6 Å². The first kappa shape index (κ1) is 14.9. The van der Waals surface area contributed by atoms with E-state index in [0.717, 1.165) is 38.0 Å². The lowest BCUT2D eigenvalue weighted by Gasteiger charge is -2.24. The monoisotopic (exact) mass is 304 g/mol. The summed E-state index contributed by atoms with van der Waals surface area (Å²) in [7, 11) is 0. The first-order valence-electron chi connectivity index (χ1n) is 7.87. The summed E-state index contributed by atoms with van der Waals surface area (Å²) in [5.74, 6) is 1.42. The van der Waals surface area contributed by atoms with Crippen LogP contribution >= 0.6 is 11.8 Å². The molecule has 1 aromatic rings. The van der Waals surface area contributed by atoms with Gasteiger partial charge >= 0.3 is 0 Å². The smallest absolute Gasteiger partial charge is 0.244 e. The van der Waals surface area contributed by atoms with Crippen LogP contribution in [0.4, 0.5) is 0 Å². The number of thioether (sulfide) groups is 1. The van der Waals surface area contributed by atoms with E-state index in [9.17, 15) is 4.79 Å². The highest BCUT2D eigenvalue weighted by molar-refractivity contribution is 7.98. The number of hydrogen-bond acceptors (Lipinski definition) is 3. The normalized spacial score (nSPS) is 23.0. The zero-order valence-corrected chi connectivity index (χ0v) is 13.7. The molecule has 1 spiro atoms. The van der Waals surface area contributed by atoms with Gasteiger partial charge in [0.25, 0.3) is 0 Å². The molecule has 2 fully saturated rings. The van der Waals surface area contributed by atoms with E-state index in [1.165, 1.54) is 11.1 Å². The number of amides is 1. The van der Waals surface area contributed by atoms with E-state index in [0.29, 0.717) is 5.91 Å². The summed E-state index contributed by atoms with van der Waals surface area (Å²) >= 11 is 1.85. The molecule has 1 unspecified atom stereocenters. The fourth-order valence-corrected chi connectivity index (χ4v) is 3.50. The van der Waals surface area contributed by atoms with Crippen molar-refractivity contribution in [1.29, 1.82) is 0 Å². The maximum atomic E-state index is 12.6. The van der Waals surface area contributed by atoms with Gasteiger partial charge in [-0.15, -0.1) is 0 Å². The Hall–Kier alpha value is -1.00. The molecule has 21 heavy (non-hydrogen) atoms. The molecule has 2 aliphatic rings. The van der Waals surface area contributed by atoms with E-state index in [-0.39, 0.29) is 11.7 Å². The first-order valence-corrected chi connectivity index (χ1v) is 9.26. The molecule has 3 nitrogen and oxygen atoms in total. The second-order valence-corrected chi connectivity index (χ2v) is 7.05. The lowest BCUT2D eigenvalue weighted by atomic mass is 10.1. The number of nitrogens with zero attached hydrogens (tertiary/aromatic N) is 1. The molecule has 1 amide bonds. The third-order valence-corrected chi connectivity index (χ3v) is 5.29. The van der Waals surface area contributed by atoms with Crippen molar-refractivity contribution in [2.45, 2.75) is 44.3 Å². The number of hydrogen-bond donors (Lipinski definition) is 1. The van der Waals surface area contributed by atoms with E-state index < -0.39 is 0 Å². The van der Waals surface area contributed by atoms with Gasteiger partial charge in [-0.1, -0.05) is 31.2 Å². The Balaban J connectivity index is 1.78. The highest BCUT2D eigenvalue weighted by Crippen LogP contribution is 2.45. The quantitative estimate of drug-likeness (QED) is 0.820. The van der Waals surface area contributed by atoms with Gasteiger partial charge in [-0.2, -0.15) is 11.8 Å². The van der Waals surface area contributed by atoms with Crippen molar-refractivity contribution in [3.8, 4) is 0 Å². The molecule has 0 radical (unpaired) electrons. The number of rotatable bonds is 6. The molecular weight excluding hydrogens is 280 g/mol. The SMILES string of the molecule is CCc1ccc(C2NC3(CC3)C(=O)N2CCCSC)cc1. The van der Waals surface area contributed by atoms with Crippen molar-refractivity contribution < 1.29 is 4.79 Å². The average molecular weight is 304 g/mol. The summed E-state index contributed by atoms with van der Waals surface area (Å²) in [6, 6.07) is 8.71. The van der Waals surface area contributed by atoms with Crippen LogP contribution in [-0.2, 0) is 11.2 Å². The molecule has 1 aliphatic carbocycles. The van der Waals surface area contributed by atoms with Crippen LogP contribution in [-0.4, -0.2) is 34.9 Å². The van der Waals surface area contributed by atoms with Crippen molar-refractivity contribution in [3.05, 3.63) is 35.4 Å². The van der Waals surface area contributed by atoms with Crippen LogP contribution in [0.5, 0.6) is 0 Å².